The van der Waals surface area contributed by atoms with Crippen molar-refractivity contribution in [2.75, 3.05) is 27.2 Å². The van der Waals surface area contributed by atoms with Gasteiger partial charge in [0.1, 0.15) is 10.7 Å². The number of carbonyl (C=O) groups excluding carboxylic acids is 1. The van der Waals surface area contributed by atoms with Crippen molar-refractivity contribution in [3.63, 3.8) is 0 Å². The average molecular weight is 421 g/mol. The van der Waals surface area contributed by atoms with Crippen molar-refractivity contribution in [2.45, 2.75) is 30.4 Å². The molecule has 1 aromatic carbocycles. The normalized spacial score (nSPS) is 16.9. The highest BCUT2D eigenvalue weighted by Gasteiger charge is 2.27. The molecule has 0 saturated carbocycles. The maximum Gasteiger partial charge on any atom is 0.254 e. The predicted octanol–water partition coefficient (Wildman–Crippen LogP) is 2.29. The smallest absolute Gasteiger partial charge is 0.254 e. The Morgan fingerprint density at radius 3 is 2.72 bits per heavy atom. The van der Waals surface area contributed by atoms with E-state index in [9.17, 15) is 17.6 Å². The number of halogens is 1. The van der Waals surface area contributed by atoms with Gasteiger partial charge in [-0.15, -0.1) is 0 Å². The van der Waals surface area contributed by atoms with Crippen LogP contribution in [0.15, 0.2) is 47.6 Å². The first-order chi connectivity index (χ1) is 13.8. The van der Waals surface area contributed by atoms with Gasteiger partial charge in [-0.25, -0.2) is 17.1 Å². The molecule has 1 unspecified atom stereocenters. The SMILES string of the molecule is CN(C)S(=O)(=O)c1cc(C(=O)N(Cc2cccnc2)CC2CCCO2)ccc1F. The van der Waals surface area contributed by atoms with Gasteiger partial charge < -0.3 is 9.64 Å². The highest BCUT2D eigenvalue weighted by molar-refractivity contribution is 7.89. The van der Waals surface area contributed by atoms with Crippen molar-refractivity contribution in [3.8, 4) is 0 Å². The third kappa shape index (κ3) is 4.98. The summed E-state index contributed by atoms with van der Waals surface area (Å²) in [6.45, 7) is 1.31. The molecule has 2 heterocycles. The minimum atomic E-state index is -4.02. The first-order valence-electron chi connectivity index (χ1n) is 9.31. The molecule has 2 aromatic rings. The molecule has 1 fully saturated rings. The summed E-state index contributed by atoms with van der Waals surface area (Å²) >= 11 is 0. The van der Waals surface area contributed by atoms with Crippen LogP contribution < -0.4 is 0 Å². The fraction of sp³-hybridized carbons (Fsp3) is 0.400. The zero-order valence-corrected chi connectivity index (χ0v) is 17.2. The van der Waals surface area contributed by atoms with Gasteiger partial charge in [0.15, 0.2) is 0 Å². The van der Waals surface area contributed by atoms with Gasteiger partial charge in [0.25, 0.3) is 5.91 Å². The van der Waals surface area contributed by atoms with Crippen LogP contribution in [0.1, 0.15) is 28.8 Å². The van der Waals surface area contributed by atoms with Crippen molar-refractivity contribution < 1.29 is 22.3 Å². The lowest BCUT2D eigenvalue weighted by molar-refractivity contribution is 0.0507. The summed E-state index contributed by atoms with van der Waals surface area (Å²) in [7, 11) is -1.39. The van der Waals surface area contributed by atoms with E-state index in [0.29, 0.717) is 19.7 Å². The number of aromatic nitrogens is 1. The first kappa shape index (κ1) is 21.4. The number of benzene rings is 1. The summed E-state index contributed by atoms with van der Waals surface area (Å²) in [5, 5.41) is 0. The highest BCUT2D eigenvalue weighted by atomic mass is 32.2. The van der Waals surface area contributed by atoms with E-state index >= 15 is 0 Å². The number of nitrogens with zero attached hydrogens (tertiary/aromatic N) is 3. The molecule has 0 spiro atoms. The van der Waals surface area contributed by atoms with Crippen molar-refractivity contribution in [1.29, 1.82) is 0 Å². The summed E-state index contributed by atoms with van der Waals surface area (Å²) in [4.78, 5) is 18.4. The maximum absolute atomic E-state index is 14.2. The number of sulfonamides is 1. The van der Waals surface area contributed by atoms with E-state index in [1.807, 2.05) is 6.07 Å². The van der Waals surface area contributed by atoms with Crippen LogP contribution in [0.2, 0.25) is 0 Å². The van der Waals surface area contributed by atoms with E-state index in [0.717, 1.165) is 34.8 Å². The van der Waals surface area contributed by atoms with Gasteiger partial charge in [0, 0.05) is 51.7 Å². The fourth-order valence-electron chi connectivity index (χ4n) is 3.18. The summed E-state index contributed by atoms with van der Waals surface area (Å²) in [6, 6.07) is 7.05. The monoisotopic (exact) mass is 421 g/mol. The van der Waals surface area contributed by atoms with Crippen molar-refractivity contribution in [2.24, 2.45) is 0 Å². The average Bonchev–Trinajstić information content (AvgIpc) is 3.21. The van der Waals surface area contributed by atoms with Gasteiger partial charge in [0.05, 0.1) is 6.10 Å². The highest BCUT2D eigenvalue weighted by Crippen LogP contribution is 2.22. The van der Waals surface area contributed by atoms with Gasteiger partial charge in [-0.2, -0.15) is 0 Å². The van der Waals surface area contributed by atoms with Crippen LogP contribution >= 0.6 is 0 Å². The summed E-state index contributed by atoms with van der Waals surface area (Å²) in [5.41, 5.74) is 0.941. The van der Waals surface area contributed by atoms with Crippen molar-refractivity contribution in [3.05, 3.63) is 59.7 Å². The maximum atomic E-state index is 14.2. The topological polar surface area (TPSA) is 79.8 Å². The molecule has 0 N–H and O–H groups in total. The van der Waals surface area contributed by atoms with E-state index in [1.165, 1.54) is 20.2 Å². The molecule has 29 heavy (non-hydrogen) atoms. The molecule has 1 atom stereocenters. The first-order valence-corrected chi connectivity index (χ1v) is 10.7. The van der Waals surface area contributed by atoms with Gasteiger partial charge >= 0.3 is 0 Å². The lowest BCUT2D eigenvalue weighted by Crippen LogP contribution is -2.37. The van der Waals surface area contributed by atoms with Crippen molar-refractivity contribution in [1.82, 2.24) is 14.2 Å². The Morgan fingerprint density at radius 2 is 2.10 bits per heavy atom. The zero-order chi connectivity index (χ0) is 21.0. The lowest BCUT2D eigenvalue weighted by Gasteiger charge is -2.26. The molecule has 1 amide bonds. The van der Waals surface area contributed by atoms with Crippen LogP contribution in [0.3, 0.4) is 0 Å². The number of carbonyl (C=O) groups is 1. The van der Waals surface area contributed by atoms with Crippen LogP contribution in [0.5, 0.6) is 0 Å². The molecule has 7 nitrogen and oxygen atoms in total. The molecule has 1 aliphatic rings. The number of rotatable bonds is 7. The Morgan fingerprint density at radius 1 is 1.31 bits per heavy atom. The van der Waals surface area contributed by atoms with Crippen molar-refractivity contribution >= 4 is 15.9 Å². The summed E-state index contributed by atoms with van der Waals surface area (Å²) in [6.07, 6.45) is 5.01. The van der Waals surface area contributed by atoms with Gasteiger partial charge in [0.2, 0.25) is 10.0 Å². The molecule has 1 aromatic heterocycles. The van der Waals surface area contributed by atoms with Gasteiger partial charge in [-0.3, -0.25) is 9.78 Å². The number of amides is 1. The molecule has 156 valence electrons. The molecular formula is C20H24FN3O4S. The largest absolute Gasteiger partial charge is 0.376 e. The number of ether oxygens (including phenoxy) is 1. The fourth-order valence-corrected chi connectivity index (χ4v) is 4.16. The van der Waals surface area contributed by atoms with E-state index in [4.69, 9.17) is 4.74 Å². The van der Waals surface area contributed by atoms with Crippen LogP contribution in [0.25, 0.3) is 0 Å². The second kappa shape index (κ2) is 8.98. The van der Waals surface area contributed by atoms with E-state index in [-0.39, 0.29) is 17.6 Å². The van der Waals surface area contributed by atoms with Crippen LogP contribution in [0, 0.1) is 5.82 Å². The zero-order valence-electron chi connectivity index (χ0n) is 16.4. The van der Waals surface area contributed by atoms with E-state index < -0.39 is 20.7 Å². The lowest BCUT2D eigenvalue weighted by atomic mass is 10.1. The Labute approximate surface area is 170 Å². The molecule has 0 radical (unpaired) electrons. The number of pyridine rings is 1. The number of hydrogen-bond acceptors (Lipinski definition) is 5. The molecular weight excluding hydrogens is 397 g/mol. The third-order valence-electron chi connectivity index (χ3n) is 4.77. The molecule has 1 aliphatic heterocycles. The van der Waals surface area contributed by atoms with Crippen LogP contribution in [0.4, 0.5) is 4.39 Å². The standard InChI is InChI=1S/C20H24FN3O4S/c1-23(2)29(26,27)19-11-16(7-8-18(19)21)20(25)24(14-17-6-4-10-28-17)13-15-5-3-9-22-12-15/h3,5,7-9,11-12,17H,4,6,10,13-14H2,1-2H3. The minimum Gasteiger partial charge on any atom is -0.376 e. The third-order valence-corrected chi connectivity index (χ3v) is 6.60. The molecule has 1 saturated heterocycles. The Balaban J connectivity index is 1.92. The second-order valence-electron chi connectivity index (χ2n) is 7.11. The van der Waals surface area contributed by atoms with Crippen LogP contribution in [-0.4, -0.2) is 61.9 Å². The second-order valence-corrected chi connectivity index (χ2v) is 9.23. The number of hydrogen-bond donors (Lipinski definition) is 0. The minimum absolute atomic E-state index is 0.0824. The molecule has 0 bridgehead atoms. The van der Waals surface area contributed by atoms with E-state index in [2.05, 4.69) is 4.98 Å². The van der Waals surface area contributed by atoms with Gasteiger partial charge in [-0.05, 0) is 42.7 Å². The predicted molar refractivity (Wildman–Crippen MR) is 105 cm³/mol. The Hall–Kier alpha value is -2.36. The molecule has 0 aliphatic carbocycles. The van der Waals surface area contributed by atoms with Gasteiger partial charge in [-0.1, -0.05) is 6.07 Å². The molecule has 3 rings (SSSR count). The molecule has 9 heteroatoms. The Bertz CT molecular complexity index is 961. The van der Waals surface area contributed by atoms with E-state index in [1.54, 1.807) is 23.4 Å². The summed E-state index contributed by atoms with van der Waals surface area (Å²) < 4.78 is 45.6. The Kier molecular flexibility index (Phi) is 6.61. The summed E-state index contributed by atoms with van der Waals surface area (Å²) in [5.74, 6) is -1.28. The van der Waals surface area contributed by atoms with Crippen LogP contribution in [-0.2, 0) is 21.3 Å². The quantitative estimate of drug-likeness (QED) is 0.685.